The molecule has 0 unspecified atom stereocenters. The van der Waals surface area contributed by atoms with E-state index in [0.717, 1.165) is 11.6 Å². The number of benzene rings is 2. The molecule has 0 saturated carbocycles. The lowest BCUT2D eigenvalue weighted by molar-refractivity contribution is 0.0963. The number of aliphatic hydroxyl groups is 1. The Balaban J connectivity index is 1.61. The average molecular weight is 360 g/mol. The van der Waals surface area contributed by atoms with E-state index in [-0.39, 0.29) is 31.1 Å². The van der Waals surface area contributed by atoms with Crippen molar-refractivity contribution in [2.45, 2.75) is 12.7 Å². The average Bonchev–Trinajstić information content (AvgIpc) is 3.03. The van der Waals surface area contributed by atoms with Gasteiger partial charge in [-0.2, -0.15) is 0 Å². The normalized spacial score (nSPS) is 16.3. The van der Waals surface area contributed by atoms with Gasteiger partial charge in [-0.3, -0.25) is 10.2 Å². The Morgan fingerprint density at radius 2 is 2.08 bits per heavy atom. The molecule has 0 aromatic heterocycles. The molecule has 2 aromatic rings. The third kappa shape index (κ3) is 4.09. The molecule has 1 saturated heterocycles. The van der Waals surface area contributed by atoms with Crippen molar-refractivity contribution in [3.05, 3.63) is 59.9 Å². The first-order valence-corrected chi connectivity index (χ1v) is 7.93. The summed E-state index contributed by atoms with van der Waals surface area (Å²) in [7, 11) is 0. The van der Waals surface area contributed by atoms with Crippen molar-refractivity contribution in [3.8, 4) is 0 Å². The topological polar surface area (TPSA) is 88.1 Å². The van der Waals surface area contributed by atoms with Crippen molar-refractivity contribution in [1.82, 2.24) is 0 Å². The van der Waals surface area contributed by atoms with Crippen LogP contribution < -0.4 is 10.2 Å². The van der Waals surface area contributed by atoms with Gasteiger partial charge in [0.15, 0.2) is 0 Å². The minimum atomic E-state index is -0.790. The highest BCUT2D eigenvalue weighted by Gasteiger charge is 2.32. The molecule has 1 atom stereocenters. The quantitative estimate of drug-likeness (QED) is 0.856. The minimum Gasteiger partial charge on any atom is -0.444 e. The number of nitrogens with zero attached hydrogens (tertiary/aromatic N) is 1. The summed E-state index contributed by atoms with van der Waals surface area (Å²) in [5.74, 6) is -0.723. The van der Waals surface area contributed by atoms with Gasteiger partial charge < -0.3 is 14.6 Å². The van der Waals surface area contributed by atoms with Crippen LogP contribution in [-0.4, -0.2) is 36.5 Å². The number of carbonyl (C=O) groups excluding carboxylic acids is 2. The summed E-state index contributed by atoms with van der Waals surface area (Å²) >= 11 is 0. The molecule has 26 heavy (non-hydrogen) atoms. The van der Waals surface area contributed by atoms with Crippen LogP contribution in [0.5, 0.6) is 0 Å². The maximum absolute atomic E-state index is 14.2. The number of rotatable bonds is 5. The Labute approximate surface area is 148 Å². The summed E-state index contributed by atoms with van der Waals surface area (Å²) in [6.07, 6.45) is -2.09. The second-order valence-corrected chi connectivity index (χ2v) is 5.65. The highest BCUT2D eigenvalue weighted by molar-refractivity contribution is 5.91. The Hall–Kier alpha value is -3.13. The highest BCUT2D eigenvalue weighted by atomic mass is 19.1. The zero-order chi connectivity index (χ0) is 18.5. The van der Waals surface area contributed by atoms with Crippen molar-refractivity contribution >= 4 is 23.6 Å². The van der Waals surface area contributed by atoms with E-state index in [1.54, 1.807) is 12.1 Å². The van der Waals surface area contributed by atoms with Crippen LogP contribution in [0.3, 0.4) is 0 Å². The van der Waals surface area contributed by atoms with Crippen LogP contribution in [0, 0.1) is 5.82 Å². The predicted octanol–water partition coefficient (Wildman–Crippen LogP) is 2.89. The number of ether oxygens (including phenoxy) is 2. The lowest BCUT2D eigenvalue weighted by Gasteiger charge is -2.14. The van der Waals surface area contributed by atoms with Crippen LogP contribution in [0.2, 0.25) is 0 Å². The van der Waals surface area contributed by atoms with Gasteiger partial charge in [-0.05, 0) is 23.8 Å². The van der Waals surface area contributed by atoms with E-state index >= 15 is 0 Å². The molecule has 1 aliphatic heterocycles. The van der Waals surface area contributed by atoms with Crippen molar-refractivity contribution < 1.29 is 28.6 Å². The Morgan fingerprint density at radius 3 is 2.73 bits per heavy atom. The maximum Gasteiger partial charge on any atom is 0.414 e. The van der Waals surface area contributed by atoms with Crippen LogP contribution >= 0.6 is 0 Å². The summed E-state index contributed by atoms with van der Waals surface area (Å²) < 4.78 is 24.2. The second-order valence-electron chi connectivity index (χ2n) is 5.65. The van der Waals surface area contributed by atoms with E-state index in [9.17, 15) is 14.0 Å². The van der Waals surface area contributed by atoms with Crippen LogP contribution in [-0.2, 0) is 16.1 Å². The van der Waals surface area contributed by atoms with Gasteiger partial charge in [0.1, 0.15) is 18.5 Å². The first kappa shape index (κ1) is 17.7. The van der Waals surface area contributed by atoms with Gasteiger partial charge in [0.2, 0.25) is 0 Å². The fourth-order valence-corrected chi connectivity index (χ4v) is 2.47. The smallest absolute Gasteiger partial charge is 0.414 e. The van der Waals surface area contributed by atoms with E-state index in [1.165, 1.54) is 17.0 Å². The van der Waals surface area contributed by atoms with Gasteiger partial charge in [-0.25, -0.2) is 14.0 Å². The number of cyclic esters (lactones) is 1. The number of hydrogen-bond donors (Lipinski definition) is 2. The highest BCUT2D eigenvalue weighted by Crippen LogP contribution is 2.26. The van der Waals surface area contributed by atoms with Crippen molar-refractivity contribution in [3.63, 3.8) is 0 Å². The predicted molar refractivity (Wildman–Crippen MR) is 91.4 cm³/mol. The molecular weight excluding hydrogens is 343 g/mol. The second kappa shape index (κ2) is 7.83. The molecule has 1 aliphatic rings. The molecule has 0 aliphatic carbocycles. The molecule has 136 valence electrons. The number of carbonyl (C=O) groups is 2. The number of anilines is 2. The largest absolute Gasteiger partial charge is 0.444 e. The Bertz CT molecular complexity index is 799. The molecule has 1 heterocycles. The number of halogens is 1. The van der Waals surface area contributed by atoms with E-state index in [4.69, 9.17) is 14.6 Å². The molecule has 1 fully saturated rings. The molecule has 3 rings (SSSR count). The third-order valence-electron chi connectivity index (χ3n) is 3.79. The number of aliphatic hydroxyl groups excluding tert-OH is 1. The summed E-state index contributed by atoms with van der Waals surface area (Å²) in [6.45, 7) is -0.118. The fraction of sp³-hybridized carbons (Fsp3) is 0.222. The number of hydrogen-bond acceptors (Lipinski definition) is 5. The molecule has 0 bridgehead atoms. The van der Waals surface area contributed by atoms with Crippen molar-refractivity contribution in [2.75, 3.05) is 23.4 Å². The van der Waals surface area contributed by atoms with Gasteiger partial charge in [0.25, 0.3) is 0 Å². The standard InChI is InChI=1S/C18H17FN2O5/c19-15-8-13(21-9-14(10-22)26-18(21)24)6-7-16(15)20-17(23)25-11-12-4-2-1-3-5-12/h1-8,14,22H,9-11H2,(H,20,23)/t14-/m1/s1. The van der Waals surface area contributed by atoms with Crippen LogP contribution in [0.1, 0.15) is 5.56 Å². The zero-order valence-electron chi connectivity index (χ0n) is 13.7. The fourth-order valence-electron chi connectivity index (χ4n) is 2.47. The monoisotopic (exact) mass is 360 g/mol. The van der Waals surface area contributed by atoms with Gasteiger partial charge in [0.05, 0.1) is 24.5 Å². The maximum atomic E-state index is 14.2. The molecular formula is C18H17FN2O5. The van der Waals surface area contributed by atoms with E-state index in [0.29, 0.717) is 0 Å². The van der Waals surface area contributed by atoms with Crippen LogP contribution in [0.15, 0.2) is 48.5 Å². The first-order chi connectivity index (χ1) is 12.6. The molecule has 0 radical (unpaired) electrons. The first-order valence-electron chi connectivity index (χ1n) is 7.93. The van der Waals surface area contributed by atoms with Gasteiger partial charge in [0, 0.05) is 0 Å². The minimum absolute atomic E-state index is 0.0640. The zero-order valence-corrected chi connectivity index (χ0v) is 13.7. The molecule has 2 N–H and O–H groups in total. The Kier molecular flexibility index (Phi) is 5.33. The van der Waals surface area contributed by atoms with Gasteiger partial charge in [-0.15, -0.1) is 0 Å². The Morgan fingerprint density at radius 1 is 1.31 bits per heavy atom. The lowest BCUT2D eigenvalue weighted by Crippen LogP contribution is -2.25. The lowest BCUT2D eigenvalue weighted by atomic mass is 10.2. The van der Waals surface area contributed by atoms with Gasteiger partial charge in [-0.1, -0.05) is 30.3 Å². The van der Waals surface area contributed by atoms with Crippen LogP contribution in [0.4, 0.5) is 25.4 Å². The summed E-state index contributed by atoms with van der Waals surface area (Å²) in [6, 6.07) is 13.0. The number of amides is 2. The molecule has 7 nitrogen and oxygen atoms in total. The van der Waals surface area contributed by atoms with Crippen molar-refractivity contribution in [1.29, 1.82) is 0 Å². The van der Waals surface area contributed by atoms with E-state index < -0.39 is 24.1 Å². The molecule has 2 aromatic carbocycles. The molecule has 0 spiro atoms. The van der Waals surface area contributed by atoms with E-state index in [1.807, 2.05) is 18.2 Å². The third-order valence-corrected chi connectivity index (χ3v) is 3.79. The molecule has 2 amide bonds. The van der Waals surface area contributed by atoms with Gasteiger partial charge >= 0.3 is 12.2 Å². The summed E-state index contributed by atoms with van der Waals surface area (Å²) in [5, 5.41) is 11.4. The van der Waals surface area contributed by atoms with Crippen molar-refractivity contribution in [2.24, 2.45) is 0 Å². The van der Waals surface area contributed by atoms with E-state index in [2.05, 4.69) is 5.32 Å². The summed E-state index contributed by atoms with van der Waals surface area (Å²) in [4.78, 5) is 24.7. The molecule has 8 heteroatoms. The summed E-state index contributed by atoms with van der Waals surface area (Å²) in [5.41, 5.74) is 1.01. The van der Waals surface area contributed by atoms with Crippen LogP contribution in [0.25, 0.3) is 0 Å². The number of nitrogens with one attached hydrogen (secondary N) is 1. The SMILES string of the molecule is O=C(Nc1ccc(N2C[C@H](CO)OC2=O)cc1F)OCc1ccccc1.